The van der Waals surface area contributed by atoms with E-state index < -0.39 is 23.8 Å². The monoisotopic (exact) mass is 377 g/mol. The molecule has 0 radical (unpaired) electrons. The van der Waals surface area contributed by atoms with E-state index in [-0.39, 0.29) is 13.1 Å². The van der Waals surface area contributed by atoms with Gasteiger partial charge in [0, 0.05) is 12.6 Å². The molecule has 10 heteroatoms. The summed E-state index contributed by atoms with van der Waals surface area (Å²) in [5.41, 5.74) is 6.58. The number of amides is 3. The zero-order valence-electron chi connectivity index (χ0n) is 14.3. The highest BCUT2D eigenvalue weighted by atomic mass is 32.1. The molecule has 0 aliphatic rings. The van der Waals surface area contributed by atoms with Crippen LogP contribution in [0.1, 0.15) is 17.3 Å². The number of likely N-dealkylation sites (N-methyl/N-ethyl adjacent to an activating group) is 1. The Hall–Kier alpha value is -2.85. The van der Waals surface area contributed by atoms with Gasteiger partial charge < -0.3 is 21.3 Å². The standard InChI is InChI=1S/C16H19N5O4S/c1-9(17)15(25)18-6-14(24)21(2)7-13(23)20-16-19-11-4-3-10(8-22)5-12(11)26-16/h3-5,8-9H,6-7,17H2,1-2H3,(H,18,25)(H,19,20,23)/t9-/m0/s1. The lowest BCUT2D eigenvalue weighted by Gasteiger charge is -2.17. The normalized spacial score (nSPS) is 11.7. The third-order valence-electron chi connectivity index (χ3n) is 3.43. The lowest BCUT2D eigenvalue weighted by molar-refractivity contribution is -0.134. The Morgan fingerprint density at radius 1 is 1.38 bits per heavy atom. The molecule has 1 heterocycles. The number of carbonyl (C=O) groups is 4. The number of hydrogen-bond donors (Lipinski definition) is 3. The summed E-state index contributed by atoms with van der Waals surface area (Å²) in [7, 11) is 1.45. The van der Waals surface area contributed by atoms with Crippen LogP contribution < -0.4 is 16.4 Å². The maximum Gasteiger partial charge on any atom is 0.245 e. The first kappa shape index (κ1) is 19.5. The molecule has 1 atom stereocenters. The topological polar surface area (TPSA) is 134 Å². The molecule has 3 amide bonds. The second-order valence-electron chi connectivity index (χ2n) is 5.67. The van der Waals surface area contributed by atoms with Gasteiger partial charge in [-0.25, -0.2) is 4.98 Å². The minimum Gasteiger partial charge on any atom is -0.346 e. The maximum atomic E-state index is 12.1. The number of aromatic nitrogens is 1. The summed E-state index contributed by atoms with van der Waals surface area (Å²) in [5.74, 6) is -1.29. The van der Waals surface area contributed by atoms with E-state index in [1.165, 1.54) is 30.2 Å². The van der Waals surface area contributed by atoms with Gasteiger partial charge in [0.15, 0.2) is 5.13 Å². The van der Waals surface area contributed by atoms with Crippen molar-refractivity contribution in [3.8, 4) is 0 Å². The Labute approximate surface area is 153 Å². The third-order valence-corrected chi connectivity index (χ3v) is 4.36. The van der Waals surface area contributed by atoms with Crippen LogP contribution in [0.3, 0.4) is 0 Å². The molecule has 2 rings (SSSR count). The summed E-state index contributed by atoms with van der Waals surface area (Å²) in [4.78, 5) is 51.6. The third kappa shape index (κ3) is 5.07. The molecule has 26 heavy (non-hydrogen) atoms. The molecule has 4 N–H and O–H groups in total. The molecule has 0 saturated carbocycles. The van der Waals surface area contributed by atoms with Crippen molar-refractivity contribution < 1.29 is 19.2 Å². The van der Waals surface area contributed by atoms with Crippen LogP contribution in [0.4, 0.5) is 5.13 Å². The van der Waals surface area contributed by atoms with E-state index >= 15 is 0 Å². The lowest BCUT2D eigenvalue weighted by atomic mass is 10.2. The Morgan fingerprint density at radius 2 is 2.12 bits per heavy atom. The zero-order chi connectivity index (χ0) is 19.3. The van der Waals surface area contributed by atoms with Crippen LogP contribution in [0.2, 0.25) is 0 Å². The minimum absolute atomic E-state index is 0.192. The first-order chi connectivity index (χ1) is 12.3. The fourth-order valence-electron chi connectivity index (χ4n) is 1.99. The molecule has 0 unspecified atom stereocenters. The molecule has 0 bridgehead atoms. The van der Waals surface area contributed by atoms with Crippen LogP contribution in [0.5, 0.6) is 0 Å². The average molecular weight is 377 g/mol. The van der Waals surface area contributed by atoms with Gasteiger partial charge in [-0.1, -0.05) is 11.3 Å². The number of fused-ring (bicyclic) bond motifs is 1. The van der Waals surface area contributed by atoms with Gasteiger partial charge in [-0.2, -0.15) is 0 Å². The highest BCUT2D eigenvalue weighted by Gasteiger charge is 2.16. The highest BCUT2D eigenvalue weighted by molar-refractivity contribution is 7.22. The number of hydrogen-bond acceptors (Lipinski definition) is 7. The van der Waals surface area contributed by atoms with Crippen LogP contribution in [-0.2, 0) is 14.4 Å². The predicted molar refractivity (Wildman–Crippen MR) is 97.9 cm³/mol. The first-order valence-corrected chi connectivity index (χ1v) is 8.54. The quantitative estimate of drug-likeness (QED) is 0.580. The molecule has 1 aromatic heterocycles. The predicted octanol–water partition coefficient (Wildman–Crippen LogP) is -0.0309. The molecular weight excluding hydrogens is 358 g/mol. The number of nitrogens with one attached hydrogen (secondary N) is 2. The van der Waals surface area contributed by atoms with Gasteiger partial charge in [0.25, 0.3) is 0 Å². The van der Waals surface area contributed by atoms with Crippen molar-refractivity contribution in [2.75, 3.05) is 25.5 Å². The van der Waals surface area contributed by atoms with Crippen molar-refractivity contribution in [3.05, 3.63) is 23.8 Å². The SMILES string of the molecule is C[C@H](N)C(=O)NCC(=O)N(C)CC(=O)Nc1nc2ccc(C=O)cc2s1. The summed E-state index contributed by atoms with van der Waals surface area (Å²) in [5, 5.41) is 5.38. The van der Waals surface area contributed by atoms with Gasteiger partial charge in [-0.05, 0) is 25.1 Å². The molecular formula is C16H19N5O4S. The lowest BCUT2D eigenvalue weighted by Crippen LogP contribution is -2.45. The van der Waals surface area contributed by atoms with Gasteiger partial charge in [0.1, 0.15) is 6.29 Å². The van der Waals surface area contributed by atoms with Gasteiger partial charge in [0.2, 0.25) is 17.7 Å². The number of thiazole rings is 1. The number of aldehydes is 1. The van der Waals surface area contributed by atoms with Crippen molar-refractivity contribution in [1.82, 2.24) is 15.2 Å². The summed E-state index contributed by atoms with van der Waals surface area (Å²) < 4.78 is 0.771. The van der Waals surface area contributed by atoms with Crippen LogP contribution in [0.15, 0.2) is 18.2 Å². The molecule has 0 saturated heterocycles. The number of benzene rings is 1. The molecule has 2 aromatic rings. The van der Waals surface area contributed by atoms with E-state index in [4.69, 9.17) is 5.73 Å². The largest absolute Gasteiger partial charge is 0.346 e. The van der Waals surface area contributed by atoms with E-state index in [1.54, 1.807) is 18.2 Å². The molecule has 0 spiro atoms. The van der Waals surface area contributed by atoms with Crippen LogP contribution >= 0.6 is 11.3 Å². The molecule has 1 aromatic carbocycles. The Bertz CT molecular complexity index is 848. The molecule has 0 aliphatic heterocycles. The molecule has 138 valence electrons. The van der Waals surface area contributed by atoms with Crippen molar-refractivity contribution in [2.24, 2.45) is 5.73 Å². The van der Waals surface area contributed by atoms with Gasteiger partial charge in [-0.3, -0.25) is 19.2 Å². The van der Waals surface area contributed by atoms with Gasteiger partial charge in [-0.15, -0.1) is 0 Å². The Morgan fingerprint density at radius 3 is 2.77 bits per heavy atom. The number of nitrogens with two attached hydrogens (primary N) is 1. The fraction of sp³-hybridized carbons (Fsp3) is 0.312. The summed E-state index contributed by atoms with van der Waals surface area (Å²) >= 11 is 1.23. The van der Waals surface area contributed by atoms with Crippen molar-refractivity contribution in [2.45, 2.75) is 13.0 Å². The van der Waals surface area contributed by atoms with Crippen LogP contribution in [-0.4, -0.2) is 60.1 Å². The van der Waals surface area contributed by atoms with Crippen molar-refractivity contribution in [3.63, 3.8) is 0 Å². The summed E-state index contributed by atoms with van der Waals surface area (Å²) in [6.45, 7) is 1.08. The summed E-state index contributed by atoms with van der Waals surface area (Å²) in [6.07, 6.45) is 0.738. The minimum atomic E-state index is -0.713. The van der Waals surface area contributed by atoms with Crippen LogP contribution in [0.25, 0.3) is 10.2 Å². The van der Waals surface area contributed by atoms with Crippen molar-refractivity contribution in [1.29, 1.82) is 0 Å². The maximum absolute atomic E-state index is 12.1. The number of anilines is 1. The van der Waals surface area contributed by atoms with E-state index in [2.05, 4.69) is 15.6 Å². The Kier molecular flexibility index (Phi) is 6.36. The zero-order valence-corrected chi connectivity index (χ0v) is 15.1. The second kappa shape index (κ2) is 8.50. The number of nitrogens with zero attached hydrogens (tertiary/aromatic N) is 2. The molecule has 0 aliphatic carbocycles. The van der Waals surface area contributed by atoms with E-state index in [0.29, 0.717) is 16.2 Å². The molecule has 0 fully saturated rings. The Balaban J connectivity index is 1.90. The molecule has 9 nitrogen and oxygen atoms in total. The number of carbonyl (C=O) groups excluding carboxylic acids is 4. The van der Waals surface area contributed by atoms with E-state index in [0.717, 1.165) is 11.0 Å². The summed E-state index contributed by atoms with van der Waals surface area (Å²) in [6, 6.07) is 4.31. The first-order valence-electron chi connectivity index (χ1n) is 7.73. The average Bonchev–Trinajstić information content (AvgIpc) is 2.99. The highest BCUT2D eigenvalue weighted by Crippen LogP contribution is 2.26. The van der Waals surface area contributed by atoms with Gasteiger partial charge in [0.05, 0.1) is 29.3 Å². The van der Waals surface area contributed by atoms with Crippen LogP contribution in [0, 0.1) is 0 Å². The van der Waals surface area contributed by atoms with E-state index in [1.807, 2.05) is 0 Å². The van der Waals surface area contributed by atoms with Crippen molar-refractivity contribution >= 4 is 50.7 Å². The fourth-order valence-corrected chi connectivity index (χ4v) is 2.92. The van der Waals surface area contributed by atoms with E-state index in [9.17, 15) is 19.2 Å². The number of rotatable bonds is 7. The second-order valence-corrected chi connectivity index (χ2v) is 6.70. The van der Waals surface area contributed by atoms with Gasteiger partial charge >= 0.3 is 0 Å². The smallest absolute Gasteiger partial charge is 0.245 e.